The molecule has 0 saturated carbocycles. The molecule has 0 aromatic carbocycles. The first-order chi connectivity index (χ1) is 7.42. The highest BCUT2D eigenvalue weighted by Gasteiger charge is 2.67. The average Bonchev–Trinajstić information content (AvgIpc) is 2.10. The van der Waals surface area contributed by atoms with Gasteiger partial charge in [-0.25, -0.2) is 13.1 Å². The first-order valence-electron chi connectivity index (χ1n) is 3.99. The molecular weight excluding hydrogens is 277 g/mol. The monoisotopic (exact) mass is 285 g/mol. The van der Waals surface area contributed by atoms with Crippen molar-refractivity contribution in [3.8, 4) is 0 Å². The number of ether oxygens (including phenoxy) is 1. The Kier molecular flexibility index (Phi) is 4.83. The minimum absolute atomic E-state index is 0.650. The average molecular weight is 285 g/mol. The number of halogens is 5. The number of nitrogens with one attached hydrogen (secondary N) is 1. The lowest BCUT2D eigenvalue weighted by molar-refractivity contribution is -0.241. The Morgan fingerprint density at radius 3 is 2.06 bits per heavy atom. The molecule has 0 bridgehead atoms. The van der Waals surface area contributed by atoms with Crippen molar-refractivity contribution in [3.05, 3.63) is 0 Å². The summed E-state index contributed by atoms with van der Waals surface area (Å²) in [4.78, 5) is 10.2. The van der Waals surface area contributed by atoms with Gasteiger partial charge in [-0.15, -0.1) is 0 Å². The maximum atomic E-state index is 12.4. The fraction of sp³-hybridized carbons (Fsp3) is 0.833. The molecule has 0 aliphatic rings. The summed E-state index contributed by atoms with van der Waals surface area (Å²) in [6, 6.07) is 0. The summed E-state index contributed by atoms with van der Waals surface area (Å²) in [6.45, 7) is -0.575. The predicted molar refractivity (Wildman–Crippen MR) is 44.6 cm³/mol. The van der Waals surface area contributed by atoms with E-state index >= 15 is 0 Å². The topological polar surface area (TPSA) is 72.5 Å². The quantitative estimate of drug-likeness (QED) is 0.457. The van der Waals surface area contributed by atoms with Crippen LogP contribution < -0.4 is 4.72 Å². The molecule has 0 aromatic heterocycles. The second-order valence-electron chi connectivity index (χ2n) is 2.75. The minimum atomic E-state index is -6.22. The van der Waals surface area contributed by atoms with E-state index in [4.69, 9.17) is 0 Å². The van der Waals surface area contributed by atoms with Crippen molar-refractivity contribution in [3.63, 3.8) is 0 Å². The molecule has 0 saturated heterocycles. The van der Waals surface area contributed by atoms with Crippen LogP contribution in [-0.2, 0) is 19.6 Å². The third kappa shape index (κ3) is 4.07. The first-order valence-corrected chi connectivity index (χ1v) is 5.47. The molecule has 0 unspecified atom stereocenters. The fourth-order valence-corrected chi connectivity index (χ4v) is 1.45. The molecule has 0 amide bonds. The van der Waals surface area contributed by atoms with Crippen LogP contribution in [0.1, 0.15) is 6.92 Å². The lowest BCUT2D eigenvalue weighted by Crippen LogP contribution is -2.50. The highest BCUT2D eigenvalue weighted by molar-refractivity contribution is 7.90. The van der Waals surface area contributed by atoms with Gasteiger partial charge in [-0.1, -0.05) is 0 Å². The zero-order chi connectivity index (χ0) is 13.9. The Hall–Kier alpha value is -0.970. The van der Waals surface area contributed by atoms with Gasteiger partial charge in [0.25, 0.3) is 10.0 Å². The molecule has 11 heteroatoms. The van der Waals surface area contributed by atoms with Gasteiger partial charge in [-0.2, -0.15) is 22.0 Å². The van der Waals surface area contributed by atoms with Crippen molar-refractivity contribution in [2.75, 3.05) is 13.2 Å². The van der Waals surface area contributed by atoms with Crippen LogP contribution in [0.15, 0.2) is 0 Å². The summed E-state index contributed by atoms with van der Waals surface area (Å²) in [5, 5.41) is -5.91. The van der Waals surface area contributed by atoms with Crippen LogP contribution in [0.3, 0.4) is 0 Å². The molecule has 0 spiro atoms. The summed E-state index contributed by atoms with van der Waals surface area (Å²) in [6.07, 6.45) is -6.22. The van der Waals surface area contributed by atoms with Crippen molar-refractivity contribution in [2.45, 2.75) is 18.4 Å². The van der Waals surface area contributed by atoms with Crippen LogP contribution in [0, 0.1) is 0 Å². The van der Waals surface area contributed by atoms with Crippen molar-refractivity contribution >= 4 is 16.0 Å². The zero-order valence-electron chi connectivity index (χ0n) is 8.35. The van der Waals surface area contributed by atoms with E-state index in [0.717, 1.165) is 11.6 Å². The summed E-state index contributed by atoms with van der Waals surface area (Å²) >= 11 is 0. The van der Waals surface area contributed by atoms with Gasteiger partial charge < -0.3 is 4.74 Å². The lowest BCUT2D eigenvalue weighted by Gasteiger charge is -2.19. The van der Waals surface area contributed by atoms with E-state index in [-0.39, 0.29) is 0 Å². The summed E-state index contributed by atoms with van der Waals surface area (Å²) in [5.74, 6) is -0.827. The van der Waals surface area contributed by atoms with Gasteiger partial charge in [0, 0.05) is 13.5 Å². The number of carbonyl (C=O) groups excluding carboxylic acids is 1. The van der Waals surface area contributed by atoms with E-state index < -0.39 is 40.6 Å². The second-order valence-corrected chi connectivity index (χ2v) is 4.56. The largest absolute Gasteiger partial charge is 0.470 e. The first kappa shape index (κ1) is 16.0. The molecule has 1 N–H and O–H groups in total. The molecule has 102 valence electrons. The Balaban J connectivity index is 4.55. The number of carbonyl (C=O) groups is 1. The highest BCUT2D eigenvalue weighted by Crippen LogP contribution is 2.39. The van der Waals surface area contributed by atoms with E-state index in [0.29, 0.717) is 0 Å². The number of rotatable bonds is 5. The maximum Gasteiger partial charge on any atom is 0.470 e. The molecule has 0 aliphatic carbocycles. The Morgan fingerprint density at radius 2 is 1.71 bits per heavy atom. The predicted octanol–water partition coefficient (Wildman–Crippen LogP) is 0.624. The summed E-state index contributed by atoms with van der Waals surface area (Å²) < 4.78 is 86.3. The van der Waals surface area contributed by atoms with Crippen LogP contribution in [-0.4, -0.2) is 39.0 Å². The van der Waals surface area contributed by atoms with Crippen molar-refractivity contribution in [1.29, 1.82) is 0 Å². The van der Waals surface area contributed by atoms with Crippen molar-refractivity contribution < 1.29 is 39.9 Å². The van der Waals surface area contributed by atoms with Crippen LogP contribution in [0.25, 0.3) is 0 Å². The molecule has 5 nitrogen and oxygen atoms in total. The molecular formula is C6H8F5NO4S. The number of hydrogen-bond acceptors (Lipinski definition) is 4. The van der Waals surface area contributed by atoms with Gasteiger partial charge >= 0.3 is 17.4 Å². The summed E-state index contributed by atoms with van der Waals surface area (Å²) in [5.41, 5.74) is 0. The van der Waals surface area contributed by atoms with E-state index in [2.05, 4.69) is 4.74 Å². The Morgan fingerprint density at radius 1 is 1.24 bits per heavy atom. The van der Waals surface area contributed by atoms with Gasteiger partial charge in [0.1, 0.15) is 6.61 Å². The van der Waals surface area contributed by atoms with Crippen LogP contribution >= 0.6 is 0 Å². The standard InChI is InChI=1S/C6H8F5NO4S/c1-4(13)16-3-2-12-17(14,15)6(10,11)5(7,8)9/h12H,2-3H2,1H3. The molecule has 0 aliphatic heterocycles. The van der Waals surface area contributed by atoms with E-state index in [1.807, 2.05) is 0 Å². The molecule has 0 heterocycles. The van der Waals surface area contributed by atoms with E-state index in [1.54, 1.807) is 0 Å². The second kappa shape index (κ2) is 5.12. The van der Waals surface area contributed by atoms with Gasteiger partial charge in [-0.3, -0.25) is 4.79 Å². The number of alkyl halides is 5. The summed E-state index contributed by atoms with van der Waals surface area (Å²) in [7, 11) is -5.92. The number of sulfonamides is 1. The maximum absolute atomic E-state index is 12.4. The molecule has 0 rings (SSSR count). The van der Waals surface area contributed by atoms with Gasteiger partial charge in [0.15, 0.2) is 0 Å². The smallest absolute Gasteiger partial charge is 0.464 e. The zero-order valence-corrected chi connectivity index (χ0v) is 9.16. The normalized spacial score (nSPS) is 13.5. The van der Waals surface area contributed by atoms with Crippen LogP contribution in [0.2, 0.25) is 0 Å². The van der Waals surface area contributed by atoms with E-state index in [9.17, 15) is 35.2 Å². The molecule has 0 radical (unpaired) electrons. The Labute approximate surface area is 93.0 Å². The van der Waals surface area contributed by atoms with Gasteiger partial charge in [0.05, 0.1) is 0 Å². The SMILES string of the molecule is CC(=O)OCCNS(=O)(=O)C(F)(F)C(F)(F)F. The molecule has 0 atom stereocenters. The van der Waals surface area contributed by atoms with Crippen LogP contribution in [0.5, 0.6) is 0 Å². The minimum Gasteiger partial charge on any atom is -0.464 e. The van der Waals surface area contributed by atoms with Crippen molar-refractivity contribution in [2.24, 2.45) is 0 Å². The highest BCUT2D eigenvalue weighted by atomic mass is 32.2. The van der Waals surface area contributed by atoms with Crippen LogP contribution in [0.4, 0.5) is 22.0 Å². The fourth-order valence-electron chi connectivity index (χ4n) is 0.614. The van der Waals surface area contributed by atoms with Gasteiger partial charge in [-0.05, 0) is 0 Å². The molecule has 0 fully saturated rings. The number of hydrogen-bond donors (Lipinski definition) is 1. The Bertz CT molecular complexity index is 376. The number of esters is 1. The molecule has 17 heavy (non-hydrogen) atoms. The van der Waals surface area contributed by atoms with Crippen molar-refractivity contribution in [1.82, 2.24) is 4.72 Å². The van der Waals surface area contributed by atoms with Gasteiger partial charge in [0.2, 0.25) is 0 Å². The lowest BCUT2D eigenvalue weighted by atomic mass is 10.7. The third-order valence-corrected chi connectivity index (χ3v) is 2.86. The van der Waals surface area contributed by atoms with E-state index in [1.165, 1.54) is 0 Å². The third-order valence-electron chi connectivity index (χ3n) is 1.37. The molecule has 0 aromatic rings.